The van der Waals surface area contributed by atoms with Crippen LogP contribution in [-0.2, 0) is 7.05 Å². The van der Waals surface area contributed by atoms with Crippen LogP contribution in [0.25, 0.3) is 5.70 Å². The van der Waals surface area contributed by atoms with E-state index in [4.69, 9.17) is 4.74 Å². The Morgan fingerprint density at radius 3 is 2.25 bits per heavy atom. The number of allylic oxidation sites excluding steroid dienone is 1. The predicted molar refractivity (Wildman–Crippen MR) is 133 cm³/mol. The number of hydrogen-bond acceptors (Lipinski definition) is 6. The van der Waals surface area contributed by atoms with Gasteiger partial charge in [-0.05, 0) is 29.8 Å². The summed E-state index contributed by atoms with van der Waals surface area (Å²) in [6.45, 7) is 0. The third kappa shape index (κ3) is 3.23. The normalized spacial score (nSPS) is 15.6. The number of anilines is 1. The van der Waals surface area contributed by atoms with Crippen LogP contribution in [0.3, 0.4) is 0 Å². The van der Waals surface area contributed by atoms with Crippen molar-refractivity contribution in [3.8, 4) is 5.75 Å². The van der Waals surface area contributed by atoms with E-state index in [1.807, 2.05) is 18.2 Å². The van der Waals surface area contributed by atoms with E-state index in [0.717, 1.165) is 0 Å². The number of carbonyl (C=O) groups is 2. The lowest BCUT2D eigenvalue weighted by Crippen LogP contribution is -2.37. The van der Waals surface area contributed by atoms with Gasteiger partial charge in [0, 0.05) is 29.7 Å². The number of nitrogens with zero attached hydrogens (tertiary/aromatic N) is 1. The molecule has 0 spiro atoms. The summed E-state index contributed by atoms with van der Waals surface area (Å²) in [6.07, 6.45) is 0. The molecule has 0 saturated heterocycles. The second-order valence-corrected chi connectivity index (χ2v) is 8.63. The zero-order valence-corrected chi connectivity index (χ0v) is 19.1. The van der Waals surface area contributed by atoms with E-state index in [9.17, 15) is 19.2 Å². The number of Topliss-reactive ketones (excluding diaryl/α,β-unsaturated/α-hetero) is 1. The highest BCUT2D eigenvalue weighted by atomic mass is 16.5. The number of H-pyrrole nitrogens is 1. The molecule has 1 aliphatic carbocycles. The molecule has 0 bridgehead atoms. The molecule has 36 heavy (non-hydrogen) atoms. The number of hydrogen-bond donors (Lipinski definition) is 2. The van der Waals surface area contributed by atoms with Crippen molar-refractivity contribution in [1.29, 1.82) is 0 Å². The zero-order chi connectivity index (χ0) is 25.0. The maximum Gasteiger partial charge on any atom is 0.343 e. The fourth-order valence-electron chi connectivity index (χ4n) is 4.83. The molecule has 1 aliphatic heterocycles. The van der Waals surface area contributed by atoms with Gasteiger partial charge in [-0.1, -0.05) is 54.6 Å². The first kappa shape index (κ1) is 21.5. The molecule has 4 aromatic rings. The molecule has 0 fully saturated rings. The summed E-state index contributed by atoms with van der Waals surface area (Å²) < 4.78 is 6.81. The van der Waals surface area contributed by atoms with E-state index >= 15 is 0 Å². The van der Waals surface area contributed by atoms with Gasteiger partial charge in [-0.3, -0.25) is 19.1 Å². The number of nitrogens with one attached hydrogen (secondary N) is 2. The molecule has 1 unspecified atom stereocenters. The minimum absolute atomic E-state index is 0.184. The van der Waals surface area contributed by atoms with E-state index in [-0.39, 0.29) is 11.3 Å². The fraction of sp³-hybridized carbons (Fsp3) is 0.0714. The molecule has 8 nitrogen and oxygen atoms in total. The van der Waals surface area contributed by atoms with Gasteiger partial charge in [0.15, 0.2) is 5.78 Å². The highest BCUT2D eigenvalue weighted by Crippen LogP contribution is 2.47. The smallest absolute Gasteiger partial charge is 0.343 e. The Labute approximate surface area is 204 Å². The van der Waals surface area contributed by atoms with E-state index in [1.54, 1.807) is 67.7 Å². The summed E-state index contributed by atoms with van der Waals surface area (Å²) in [5, 5.41) is 3.18. The minimum atomic E-state index is -0.731. The molecule has 176 valence electrons. The lowest BCUT2D eigenvalue weighted by molar-refractivity contribution is 0.0734. The van der Waals surface area contributed by atoms with Gasteiger partial charge in [0.25, 0.3) is 5.56 Å². The molecular formula is C28H19N3O5. The topological polar surface area (TPSA) is 110 Å². The van der Waals surface area contributed by atoms with Gasteiger partial charge < -0.3 is 10.1 Å². The number of carbonyl (C=O) groups excluding carboxylic acids is 2. The third-order valence-corrected chi connectivity index (χ3v) is 6.57. The molecule has 1 atom stereocenters. The van der Waals surface area contributed by atoms with Crippen LogP contribution in [0.2, 0.25) is 0 Å². The van der Waals surface area contributed by atoms with Crippen LogP contribution in [-0.4, -0.2) is 21.3 Å². The van der Waals surface area contributed by atoms with Gasteiger partial charge in [-0.25, -0.2) is 9.59 Å². The standard InChI is InChI=1S/C28H19N3O5/c1-31-25-22(26(33)30-28(31)35)20(21-23(29-25)18-9-5-6-10-19(18)24(21)32)15-11-13-17(14-12-15)36-27(34)16-7-3-2-4-8-16/h2-14,20,29H,1H3,(H,30,33,35). The first-order valence-electron chi connectivity index (χ1n) is 11.3. The van der Waals surface area contributed by atoms with Crippen LogP contribution in [0.1, 0.15) is 43.3 Å². The quantitative estimate of drug-likeness (QED) is 0.346. The van der Waals surface area contributed by atoms with Gasteiger partial charge in [0.2, 0.25) is 0 Å². The van der Waals surface area contributed by atoms with Crippen LogP contribution in [0, 0.1) is 0 Å². The monoisotopic (exact) mass is 477 g/mol. The number of ether oxygens (including phenoxy) is 1. The van der Waals surface area contributed by atoms with Crippen molar-refractivity contribution in [2.45, 2.75) is 5.92 Å². The first-order chi connectivity index (χ1) is 17.4. The van der Waals surface area contributed by atoms with Crippen molar-refractivity contribution in [2.75, 3.05) is 5.32 Å². The molecule has 0 amide bonds. The van der Waals surface area contributed by atoms with Gasteiger partial charge in [-0.15, -0.1) is 0 Å². The molecule has 6 rings (SSSR count). The van der Waals surface area contributed by atoms with Crippen molar-refractivity contribution < 1.29 is 14.3 Å². The SMILES string of the molecule is Cn1c2c(c(=O)[nH]c1=O)C(c1ccc(OC(=O)c3ccccc3)cc1)C1=C(N2)c2ccccc2C1=O. The molecule has 0 saturated carbocycles. The summed E-state index contributed by atoms with van der Waals surface area (Å²) >= 11 is 0. The Morgan fingerprint density at radius 2 is 1.53 bits per heavy atom. The van der Waals surface area contributed by atoms with Crippen molar-refractivity contribution in [1.82, 2.24) is 9.55 Å². The number of ketones is 1. The van der Waals surface area contributed by atoms with Crippen LogP contribution in [0.5, 0.6) is 5.75 Å². The summed E-state index contributed by atoms with van der Waals surface area (Å²) in [7, 11) is 1.56. The van der Waals surface area contributed by atoms with Crippen LogP contribution < -0.4 is 21.3 Å². The van der Waals surface area contributed by atoms with Gasteiger partial charge in [0.1, 0.15) is 11.6 Å². The van der Waals surface area contributed by atoms with Gasteiger partial charge >= 0.3 is 11.7 Å². The maximum atomic E-state index is 13.5. The molecule has 1 aromatic heterocycles. The second-order valence-electron chi connectivity index (χ2n) is 8.63. The number of aromatic amines is 1. The second kappa shape index (κ2) is 8.06. The minimum Gasteiger partial charge on any atom is -0.423 e. The average Bonchev–Trinajstić information content (AvgIpc) is 3.19. The Hall–Kier alpha value is -4.98. The number of benzene rings is 3. The van der Waals surface area contributed by atoms with E-state index in [1.165, 1.54) is 4.57 Å². The molecular weight excluding hydrogens is 458 g/mol. The number of aromatic nitrogens is 2. The average molecular weight is 477 g/mol. The summed E-state index contributed by atoms with van der Waals surface area (Å²) in [5.41, 5.74) is 2.47. The van der Waals surface area contributed by atoms with Crippen molar-refractivity contribution >= 4 is 23.3 Å². The van der Waals surface area contributed by atoms with Crippen molar-refractivity contribution in [2.24, 2.45) is 7.05 Å². The van der Waals surface area contributed by atoms with Gasteiger partial charge in [-0.2, -0.15) is 0 Å². The Kier molecular flexibility index (Phi) is 4.82. The number of esters is 1. The molecule has 2 N–H and O–H groups in total. The maximum absolute atomic E-state index is 13.5. The lowest BCUT2D eigenvalue weighted by atomic mass is 9.81. The predicted octanol–water partition coefficient (Wildman–Crippen LogP) is 3.46. The van der Waals surface area contributed by atoms with Crippen molar-refractivity contribution in [3.05, 3.63) is 133 Å². The largest absolute Gasteiger partial charge is 0.423 e. The van der Waals surface area contributed by atoms with E-state index in [2.05, 4.69) is 10.3 Å². The molecule has 8 heteroatoms. The highest BCUT2D eigenvalue weighted by Gasteiger charge is 2.42. The van der Waals surface area contributed by atoms with Gasteiger partial charge in [0.05, 0.1) is 16.8 Å². The van der Waals surface area contributed by atoms with Crippen LogP contribution in [0.15, 0.2) is 94.0 Å². The Bertz CT molecular complexity index is 1710. The summed E-state index contributed by atoms with van der Waals surface area (Å²) in [6, 6.07) is 22.5. The summed E-state index contributed by atoms with van der Waals surface area (Å²) in [5.74, 6) is -0.751. The molecule has 0 radical (unpaired) electrons. The zero-order valence-electron chi connectivity index (χ0n) is 19.1. The van der Waals surface area contributed by atoms with Crippen molar-refractivity contribution in [3.63, 3.8) is 0 Å². The lowest BCUT2D eigenvalue weighted by Gasteiger charge is -2.29. The van der Waals surface area contributed by atoms with Crippen LogP contribution >= 0.6 is 0 Å². The molecule has 2 aliphatic rings. The molecule has 3 aromatic carbocycles. The number of fused-ring (bicyclic) bond motifs is 3. The van der Waals surface area contributed by atoms with Crippen LogP contribution in [0.4, 0.5) is 5.82 Å². The third-order valence-electron chi connectivity index (χ3n) is 6.57. The number of rotatable bonds is 3. The first-order valence-corrected chi connectivity index (χ1v) is 11.3. The summed E-state index contributed by atoms with van der Waals surface area (Å²) in [4.78, 5) is 53.7. The Balaban J connectivity index is 1.46. The van der Waals surface area contributed by atoms with E-state index < -0.39 is 23.1 Å². The molecule has 2 heterocycles. The highest BCUT2D eigenvalue weighted by molar-refractivity contribution is 6.23. The Morgan fingerprint density at radius 1 is 0.861 bits per heavy atom. The fourth-order valence-corrected chi connectivity index (χ4v) is 4.83. The van der Waals surface area contributed by atoms with E-state index in [0.29, 0.717) is 45.1 Å².